The van der Waals surface area contributed by atoms with Gasteiger partial charge in [0.1, 0.15) is 0 Å². The standard InChI is InChI=1S/C14H17NO/c15-9-4-10-16-11-13-7-3-6-12-5-1-2-8-14(12)13/h1-3,5-8H,4,9-11,15H2. The van der Waals surface area contributed by atoms with Crippen molar-refractivity contribution in [3.63, 3.8) is 0 Å². The Morgan fingerprint density at radius 1 is 1.00 bits per heavy atom. The molecule has 0 bridgehead atoms. The van der Waals surface area contributed by atoms with Crippen molar-refractivity contribution >= 4 is 10.8 Å². The molecule has 2 rings (SSSR count). The number of hydrogen-bond donors (Lipinski definition) is 1. The van der Waals surface area contributed by atoms with Crippen LogP contribution >= 0.6 is 0 Å². The summed E-state index contributed by atoms with van der Waals surface area (Å²) in [5, 5.41) is 2.54. The van der Waals surface area contributed by atoms with E-state index in [0.29, 0.717) is 13.2 Å². The lowest BCUT2D eigenvalue weighted by Crippen LogP contribution is -2.04. The summed E-state index contributed by atoms with van der Waals surface area (Å²) >= 11 is 0. The van der Waals surface area contributed by atoms with Crippen LogP contribution in [0, 0.1) is 0 Å². The molecule has 84 valence electrons. The molecule has 0 fully saturated rings. The number of nitrogens with two attached hydrogens (primary N) is 1. The van der Waals surface area contributed by atoms with Gasteiger partial charge >= 0.3 is 0 Å². The van der Waals surface area contributed by atoms with Crippen molar-refractivity contribution in [2.24, 2.45) is 5.73 Å². The van der Waals surface area contributed by atoms with Crippen LogP contribution in [0.3, 0.4) is 0 Å². The maximum absolute atomic E-state index is 5.59. The lowest BCUT2D eigenvalue weighted by atomic mass is 10.1. The third-order valence-corrected chi connectivity index (χ3v) is 2.63. The molecule has 2 heteroatoms. The largest absolute Gasteiger partial charge is 0.377 e. The van der Waals surface area contributed by atoms with Gasteiger partial charge in [-0.2, -0.15) is 0 Å². The highest BCUT2D eigenvalue weighted by molar-refractivity contribution is 5.85. The van der Waals surface area contributed by atoms with Crippen molar-refractivity contribution in [1.82, 2.24) is 0 Å². The van der Waals surface area contributed by atoms with Crippen molar-refractivity contribution in [2.45, 2.75) is 13.0 Å². The van der Waals surface area contributed by atoms with Gasteiger partial charge in [-0.05, 0) is 29.3 Å². The predicted molar refractivity (Wildman–Crippen MR) is 67.3 cm³/mol. The number of fused-ring (bicyclic) bond motifs is 1. The summed E-state index contributed by atoms with van der Waals surface area (Å²) in [6, 6.07) is 14.7. The Kier molecular flexibility index (Phi) is 3.91. The zero-order valence-corrected chi connectivity index (χ0v) is 9.36. The minimum atomic E-state index is 0.668. The van der Waals surface area contributed by atoms with Gasteiger partial charge in [0.2, 0.25) is 0 Å². The van der Waals surface area contributed by atoms with E-state index in [-0.39, 0.29) is 0 Å². The topological polar surface area (TPSA) is 35.2 Å². The van der Waals surface area contributed by atoms with Gasteiger partial charge in [-0.15, -0.1) is 0 Å². The molecule has 0 radical (unpaired) electrons. The first-order valence-corrected chi connectivity index (χ1v) is 5.66. The molecule has 0 aromatic heterocycles. The Balaban J connectivity index is 2.11. The maximum Gasteiger partial charge on any atom is 0.0722 e. The second kappa shape index (κ2) is 5.64. The molecule has 0 aliphatic carbocycles. The summed E-state index contributed by atoms with van der Waals surface area (Å²) in [6.07, 6.45) is 0.921. The molecule has 2 nitrogen and oxygen atoms in total. The first kappa shape index (κ1) is 11.1. The molecule has 0 amide bonds. The Bertz CT molecular complexity index is 448. The number of benzene rings is 2. The van der Waals surface area contributed by atoms with E-state index >= 15 is 0 Å². The smallest absolute Gasteiger partial charge is 0.0722 e. The van der Waals surface area contributed by atoms with Crippen LogP contribution in [0.2, 0.25) is 0 Å². The third kappa shape index (κ3) is 2.60. The van der Waals surface area contributed by atoms with Gasteiger partial charge in [0.25, 0.3) is 0 Å². The third-order valence-electron chi connectivity index (χ3n) is 2.63. The number of ether oxygens (including phenoxy) is 1. The van der Waals surface area contributed by atoms with Crippen LogP contribution < -0.4 is 5.73 Å². The second-order valence-corrected chi connectivity index (χ2v) is 3.83. The molecule has 0 heterocycles. The lowest BCUT2D eigenvalue weighted by Gasteiger charge is -2.07. The van der Waals surface area contributed by atoms with Gasteiger partial charge in [0.05, 0.1) is 6.61 Å². The fourth-order valence-electron chi connectivity index (χ4n) is 1.79. The van der Waals surface area contributed by atoms with Gasteiger partial charge in [-0.3, -0.25) is 0 Å². The van der Waals surface area contributed by atoms with Crippen LogP contribution in [0.5, 0.6) is 0 Å². The summed E-state index contributed by atoms with van der Waals surface area (Å²) in [4.78, 5) is 0. The van der Waals surface area contributed by atoms with E-state index in [1.165, 1.54) is 16.3 Å². The van der Waals surface area contributed by atoms with E-state index in [0.717, 1.165) is 13.0 Å². The molecule has 2 aromatic carbocycles. The van der Waals surface area contributed by atoms with Crippen LogP contribution in [0.1, 0.15) is 12.0 Å². The van der Waals surface area contributed by atoms with Crippen LogP contribution in [-0.4, -0.2) is 13.2 Å². The zero-order chi connectivity index (χ0) is 11.2. The number of rotatable bonds is 5. The molecule has 2 aromatic rings. The van der Waals surface area contributed by atoms with E-state index in [1.54, 1.807) is 0 Å². The van der Waals surface area contributed by atoms with E-state index in [4.69, 9.17) is 10.5 Å². The Labute approximate surface area is 96.0 Å². The summed E-state index contributed by atoms with van der Waals surface area (Å²) < 4.78 is 5.59. The van der Waals surface area contributed by atoms with E-state index < -0.39 is 0 Å². The van der Waals surface area contributed by atoms with Crippen molar-refractivity contribution < 1.29 is 4.74 Å². The molecule has 0 unspecified atom stereocenters. The van der Waals surface area contributed by atoms with Crippen LogP contribution in [0.25, 0.3) is 10.8 Å². The number of hydrogen-bond acceptors (Lipinski definition) is 2. The molecule has 0 saturated carbocycles. The summed E-state index contributed by atoms with van der Waals surface area (Å²) in [7, 11) is 0. The molecular weight excluding hydrogens is 198 g/mol. The molecule has 16 heavy (non-hydrogen) atoms. The van der Waals surface area contributed by atoms with Gasteiger partial charge in [-0.25, -0.2) is 0 Å². The minimum absolute atomic E-state index is 0.668. The average molecular weight is 215 g/mol. The highest BCUT2D eigenvalue weighted by Crippen LogP contribution is 2.18. The SMILES string of the molecule is NCCCOCc1cccc2ccccc12. The minimum Gasteiger partial charge on any atom is -0.377 e. The molecule has 0 aliphatic rings. The fourth-order valence-corrected chi connectivity index (χ4v) is 1.79. The van der Waals surface area contributed by atoms with Crippen LogP contribution in [0.4, 0.5) is 0 Å². The van der Waals surface area contributed by atoms with E-state index in [9.17, 15) is 0 Å². The lowest BCUT2D eigenvalue weighted by molar-refractivity contribution is 0.121. The first-order valence-electron chi connectivity index (χ1n) is 5.66. The van der Waals surface area contributed by atoms with Crippen LogP contribution in [-0.2, 0) is 11.3 Å². The molecule has 2 N–H and O–H groups in total. The molecular formula is C14H17NO. The molecule has 0 aliphatic heterocycles. The van der Waals surface area contributed by atoms with Crippen molar-refractivity contribution in [3.8, 4) is 0 Å². The van der Waals surface area contributed by atoms with Gasteiger partial charge in [0.15, 0.2) is 0 Å². The Morgan fingerprint density at radius 3 is 2.69 bits per heavy atom. The van der Waals surface area contributed by atoms with Crippen molar-refractivity contribution in [1.29, 1.82) is 0 Å². The van der Waals surface area contributed by atoms with Crippen molar-refractivity contribution in [3.05, 3.63) is 48.0 Å². The Morgan fingerprint density at radius 2 is 1.81 bits per heavy atom. The second-order valence-electron chi connectivity index (χ2n) is 3.83. The Hall–Kier alpha value is -1.38. The zero-order valence-electron chi connectivity index (χ0n) is 9.36. The molecule has 0 spiro atoms. The summed E-state index contributed by atoms with van der Waals surface area (Å²) in [5.74, 6) is 0. The molecule has 0 saturated heterocycles. The summed E-state index contributed by atoms with van der Waals surface area (Å²) in [5.41, 5.74) is 6.66. The monoisotopic (exact) mass is 215 g/mol. The van der Waals surface area contributed by atoms with Gasteiger partial charge in [0, 0.05) is 6.61 Å². The van der Waals surface area contributed by atoms with Gasteiger partial charge in [-0.1, -0.05) is 42.5 Å². The van der Waals surface area contributed by atoms with Crippen LogP contribution in [0.15, 0.2) is 42.5 Å². The van der Waals surface area contributed by atoms with E-state index in [1.807, 2.05) is 0 Å². The fraction of sp³-hybridized carbons (Fsp3) is 0.286. The summed E-state index contributed by atoms with van der Waals surface area (Å²) in [6.45, 7) is 2.09. The predicted octanol–water partition coefficient (Wildman–Crippen LogP) is 2.71. The maximum atomic E-state index is 5.59. The van der Waals surface area contributed by atoms with E-state index in [2.05, 4.69) is 42.5 Å². The quantitative estimate of drug-likeness (QED) is 0.778. The average Bonchev–Trinajstić information content (AvgIpc) is 2.35. The molecule has 0 atom stereocenters. The first-order chi connectivity index (χ1) is 7.92. The van der Waals surface area contributed by atoms with Gasteiger partial charge < -0.3 is 10.5 Å². The normalized spacial score (nSPS) is 10.8. The van der Waals surface area contributed by atoms with Crippen molar-refractivity contribution in [2.75, 3.05) is 13.2 Å². The highest BCUT2D eigenvalue weighted by Gasteiger charge is 1.99. The highest BCUT2D eigenvalue weighted by atomic mass is 16.5.